The first-order valence-corrected chi connectivity index (χ1v) is 8.74. The van der Waals surface area contributed by atoms with Gasteiger partial charge in [-0.25, -0.2) is 4.52 Å². The van der Waals surface area contributed by atoms with Crippen molar-refractivity contribution in [3.05, 3.63) is 52.2 Å². The first kappa shape index (κ1) is 16.0. The lowest BCUT2D eigenvalue weighted by molar-refractivity contribution is 0.655. The summed E-state index contributed by atoms with van der Waals surface area (Å²) in [5.74, 6) is 1.92. The van der Waals surface area contributed by atoms with E-state index >= 15 is 0 Å². The molecule has 1 fully saturated rings. The smallest absolute Gasteiger partial charge is 0.282 e. The van der Waals surface area contributed by atoms with Crippen LogP contribution in [0.3, 0.4) is 0 Å². The SMILES string of the molecule is NCCCNCc1ccc(-c2cn3nc(C4CC4)[nH]c3nc2=O)cc1. The first-order chi connectivity index (χ1) is 12.2. The second-order valence-corrected chi connectivity index (χ2v) is 6.53. The standard InChI is InChI=1S/C18H22N6O/c19-8-1-9-20-10-12-2-4-13(5-3-12)15-11-24-18(22-17(15)25)21-16(23-24)14-6-7-14/h2-5,11,14,20H,1,6-10,19H2,(H,21,22,23,25). The van der Waals surface area contributed by atoms with Crippen molar-refractivity contribution in [3.63, 3.8) is 0 Å². The minimum Gasteiger partial charge on any atom is -0.330 e. The molecule has 0 unspecified atom stereocenters. The van der Waals surface area contributed by atoms with Gasteiger partial charge in [-0.1, -0.05) is 24.3 Å². The zero-order valence-electron chi connectivity index (χ0n) is 14.0. The third-order valence-electron chi connectivity index (χ3n) is 4.48. The molecule has 1 aliphatic rings. The Bertz CT molecular complexity index is 923. The summed E-state index contributed by atoms with van der Waals surface area (Å²) in [5, 5.41) is 7.86. The molecule has 0 saturated heterocycles. The highest BCUT2D eigenvalue weighted by Gasteiger charge is 2.27. The minimum atomic E-state index is -0.236. The molecule has 4 N–H and O–H groups in total. The summed E-state index contributed by atoms with van der Waals surface area (Å²) in [4.78, 5) is 19.6. The fourth-order valence-corrected chi connectivity index (χ4v) is 2.86. The molecule has 3 aromatic rings. The number of aromatic amines is 1. The molecule has 0 radical (unpaired) electrons. The van der Waals surface area contributed by atoms with Gasteiger partial charge in [-0.15, -0.1) is 0 Å². The van der Waals surface area contributed by atoms with Crippen LogP contribution in [0, 0.1) is 0 Å². The number of rotatable bonds is 7. The van der Waals surface area contributed by atoms with Crippen LogP contribution in [0.5, 0.6) is 0 Å². The Morgan fingerprint density at radius 1 is 1.28 bits per heavy atom. The van der Waals surface area contributed by atoms with Crippen LogP contribution in [-0.2, 0) is 6.54 Å². The van der Waals surface area contributed by atoms with Gasteiger partial charge in [-0.05, 0) is 43.5 Å². The third-order valence-corrected chi connectivity index (χ3v) is 4.48. The molecule has 0 amide bonds. The van der Waals surface area contributed by atoms with Crippen molar-refractivity contribution in [3.8, 4) is 11.1 Å². The van der Waals surface area contributed by atoms with E-state index in [9.17, 15) is 4.79 Å². The monoisotopic (exact) mass is 338 g/mol. The topological polar surface area (TPSA) is 101 Å². The fraction of sp³-hybridized carbons (Fsp3) is 0.389. The minimum absolute atomic E-state index is 0.236. The molecule has 7 heteroatoms. The van der Waals surface area contributed by atoms with E-state index in [1.165, 1.54) is 5.56 Å². The Morgan fingerprint density at radius 3 is 2.80 bits per heavy atom. The molecule has 1 aromatic carbocycles. The van der Waals surface area contributed by atoms with Gasteiger partial charge >= 0.3 is 0 Å². The number of aromatic nitrogens is 4. The molecular weight excluding hydrogens is 316 g/mol. The molecule has 0 aliphatic heterocycles. The van der Waals surface area contributed by atoms with Gasteiger partial charge in [-0.2, -0.15) is 10.1 Å². The van der Waals surface area contributed by atoms with Crippen molar-refractivity contribution in [1.82, 2.24) is 24.9 Å². The van der Waals surface area contributed by atoms with Crippen LogP contribution in [0.1, 0.15) is 36.6 Å². The molecule has 0 bridgehead atoms. The van der Waals surface area contributed by atoms with Crippen molar-refractivity contribution in [2.24, 2.45) is 5.73 Å². The second-order valence-electron chi connectivity index (χ2n) is 6.53. The van der Waals surface area contributed by atoms with E-state index in [0.29, 0.717) is 23.8 Å². The lowest BCUT2D eigenvalue weighted by atomic mass is 10.1. The summed E-state index contributed by atoms with van der Waals surface area (Å²) in [5.41, 5.74) is 7.84. The van der Waals surface area contributed by atoms with Crippen molar-refractivity contribution in [2.75, 3.05) is 13.1 Å². The summed E-state index contributed by atoms with van der Waals surface area (Å²) in [6.45, 7) is 2.39. The highest BCUT2D eigenvalue weighted by Crippen LogP contribution is 2.38. The molecule has 25 heavy (non-hydrogen) atoms. The van der Waals surface area contributed by atoms with Gasteiger partial charge < -0.3 is 16.0 Å². The number of fused-ring (bicyclic) bond motifs is 1. The second kappa shape index (κ2) is 6.78. The lowest BCUT2D eigenvalue weighted by Gasteiger charge is -2.05. The van der Waals surface area contributed by atoms with E-state index in [1.807, 2.05) is 24.3 Å². The number of benzene rings is 1. The first-order valence-electron chi connectivity index (χ1n) is 8.74. The zero-order valence-corrected chi connectivity index (χ0v) is 14.0. The van der Waals surface area contributed by atoms with Gasteiger partial charge in [0.05, 0.1) is 5.56 Å². The third kappa shape index (κ3) is 3.47. The molecule has 2 heterocycles. The van der Waals surface area contributed by atoms with Crippen LogP contribution in [0.2, 0.25) is 0 Å². The number of nitrogens with zero attached hydrogens (tertiary/aromatic N) is 3. The number of H-pyrrole nitrogens is 1. The summed E-state index contributed by atoms with van der Waals surface area (Å²) in [7, 11) is 0. The number of hydrogen-bond acceptors (Lipinski definition) is 5. The van der Waals surface area contributed by atoms with Crippen LogP contribution in [-0.4, -0.2) is 32.7 Å². The van der Waals surface area contributed by atoms with E-state index in [1.54, 1.807) is 10.7 Å². The van der Waals surface area contributed by atoms with E-state index in [4.69, 9.17) is 5.73 Å². The Kier molecular flexibility index (Phi) is 4.33. The van der Waals surface area contributed by atoms with Crippen molar-refractivity contribution in [1.29, 1.82) is 0 Å². The summed E-state index contributed by atoms with van der Waals surface area (Å²) in [6, 6.07) is 7.97. The average Bonchev–Trinajstić information content (AvgIpc) is 3.39. The molecular formula is C18H22N6O. The van der Waals surface area contributed by atoms with Crippen molar-refractivity contribution in [2.45, 2.75) is 31.7 Å². The van der Waals surface area contributed by atoms with Crippen molar-refractivity contribution >= 4 is 5.78 Å². The predicted octanol–water partition coefficient (Wildman–Crippen LogP) is 1.40. The maximum atomic E-state index is 12.4. The molecule has 0 atom stereocenters. The number of nitrogens with one attached hydrogen (secondary N) is 2. The largest absolute Gasteiger partial charge is 0.330 e. The summed E-state index contributed by atoms with van der Waals surface area (Å²) in [6.07, 6.45) is 5.03. The van der Waals surface area contributed by atoms with Crippen LogP contribution >= 0.6 is 0 Å². The van der Waals surface area contributed by atoms with Gasteiger partial charge in [0.2, 0.25) is 5.78 Å². The van der Waals surface area contributed by atoms with Gasteiger partial charge in [0.15, 0.2) is 0 Å². The van der Waals surface area contributed by atoms with Crippen LogP contribution < -0.4 is 16.6 Å². The summed E-state index contributed by atoms with van der Waals surface area (Å²) >= 11 is 0. The predicted molar refractivity (Wildman–Crippen MR) is 96.4 cm³/mol. The maximum Gasteiger partial charge on any atom is 0.282 e. The molecule has 1 saturated carbocycles. The number of nitrogens with two attached hydrogens (primary N) is 1. The van der Waals surface area contributed by atoms with Crippen LogP contribution in [0.15, 0.2) is 35.3 Å². The molecule has 4 rings (SSSR count). The van der Waals surface area contributed by atoms with Gasteiger partial charge in [0, 0.05) is 18.7 Å². The highest BCUT2D eigenvalue weighted by molar-refractivity contribution is 5.62. The zero-order chi connectivity index (χ0) is 17.2. The van der Waals surface area contributed by atoms with E-state index < -0.39 is 0 Å². The van der Waals surface area contributed by atoms with Gasteiger partial charge in [0.25, 0.3) is 5.56 Å². The summed E-state index contributed by atoms with van der Waals surface area (Å²) < 4.78 is 1.67. The van der Waals surface area contributed by atoms with E-state index in [2.05, 4.69) is 20.4 Å². The molecule has 1 aliphatic carbocycles. The molecule has 7 nitrogen and oxygen atoms in total. The van der Waals surface area contributed by atoms with E-state index in [-0.39, 0.29) is 5.56 Å². The Labute approximate surface area is 145 Å². The van der Waals surface area contributed by atoms with Crippen LogP contribution in [0.25, 0.3) is 16.9 Å². The normalized spacial score (nSPS) is 14.3. The van der Waals surface area contributed by atoms with Crippen molar-refractivity contribution < 1.29 is 0 Å². The average molecular weight is 338 g/mol. The lowest BCUT2D eigenvalue weighted by Crippen LogP contribution is -2.17. The molecule has 2 aromatic heterocycles. The Morgan fingerprint density at radius 2 is 2.08 bits per heavy atom. The molecule has 130 valence electrons. The highest BCUT2D eigenvalue weighted by atomic mass is 16.1. The number of hydrogen-bond donors (Lipinski definition) is 3. The Hall–Kier alpha value is -2.51. The van der Waals surface area contributed by atoms with Crippen LogP contribution in [0.4, 0.5) is 0 Å². The molecule has 0 spiro atoms. The Balaban J connectivity index is 1.56. The fourth-order valence-electron chi connectivity index (χ4n) is 2.86. The van der Waals surface area contributed by atoms with Gasteiger partial charge in [-0.3, -0.25) is 4.79 Å². The maximum absolute atomic E-state index is 12.4. The van der Waals surface area contributed by atoms with E-state index in [0.717, 1.165) is 43.7 Å². The quantitative estimate of drug-likeness (QED) is 0.565. The van der Waals surface area contributed by atoms with Gasteiger partial charge in [0.1, 0.15) is 5.82 Å².